The lowest BCUT2D eigenvalue weighted by atomic mass is 9.88. The molecule has 2 unspecified atom stereocenters. The van der Waals surface area contributed by atoms with Crippen LogP contribution < -0.4 is 10.1 Å². The zero-order valence-corrected chi connectivity index (χ0v) is 16.4. The van der Waals surface area contributed by atoms with E-state index in [4.69, 9.17) is 4.74 Å². The van der Waals surface area contributed by atoms with Crippen molar-refractivity contribution >= 4 is 5.91 Å². The van der Waals surface area contributed by atoms with Crippen molar-refractivity contribution in [3.05, 3.63) is 23.9 Å². The Morgan fingerprint density at radius 1 is 1.37 bits per heavy atom. The highest BCUT2D eigenvalue weighted by Gasteiger charge is 2.39. The highest BCUT2D eigenvalue weighted by molar-refractivity contribution is 5.82. The number of amides is 1. The molecule has 1 fully saturated rings. The fourth-order valence-corrected chi connectivity index (χ4v) is 3.26. The van der Waals surface area contributed by atoms with Gasteiger partial charge in [0.25, 0.3) is 0 Å². The molecule has 0 spiro atoms. The number of aromatic nitrogens is 1. The van der Waals surface area contributed by atoms with E-state index in [1.54, 1.807) is 13.8 Å². The Kier molecular flexibility index (Phi) is 6.39. The number of pyridine rings is 1. The molecule has 2 atom stereocenters. The lowest BCUT2D eigenvalue weighted by Gasteiger charge is -2.29. The van der Waals surface area contributed by atoms with Crippen molar-refractivity contribution < 1.29 is 22.7 Å². The molecular formula is C19H28F3N3O2. The summed E-state index contributed by atoms with van der Waals surface area (Å²) >= 11 is 0. The van der Waals surface area contributed by atoms with Crippen LogP contribution in [0.25, 0.3) is 0 Å². The van der Waals surface area contributed by atoms with Gasteiger partial charge in [0.15, 0.2) is 0 Å². The third-order valence-corrected chi connectivity index (χ3v) is 4.98. The molecule has 2 rings (SSSR count). The number of carbonyl (C=O) groups excluding carboxylic acids is 1. The van der Waals surface area contributed by atoms with E-state index in [-0.39, 0.29) is 18.6 Å². The molecule has 0 bridgehead atoms. The van der Waals surface area contributed by atoms with Crippen molar-refractivity contribution in [1.29, 1.82) is 0 Å². The van der Waals surface area contributed by atoms with Gasteiger partial charge in [-0.3, -0.25) is 4.79 Å². The Bertz CT molecular complexity index is 662. The van der Waals surface area contributed by atoms with Gasteiger partial charge < -0.3 is 15.0 Å². The van der Waals surface area contributed by atoms with Crippen LogP contribution >= 0.6 is 0 Å². The van der Waals surface area contributed by atoms with E-state index in [0.29, 0.717) is 11.8 Å². The lowest BCUT2D eigenvalue weighted by Crippen LogP contribution is -2.49. The van der Waals surface area contributed by atoms with Gasteiger partial charge in [-0.15, -0.1) is 0 Å². The zero-order valence-electron chi connectivity index (χ0n) is 16.4. The number of rotatable bonds is 6. The van der Waals surface area contributed by atoms with Gasteiger partial charge in [0, 0.05) is 25.3 Å². The second-order valence-electron chi connectivity index (χ2n) is 8.24. The summed E-state index contributed by atoms with van der Waals surface area (Å²) in [5.41, 5.74) is -1.94. The van der Waals surface area contributed by atoms with Gasteiger partial charge in [-0.05, 0) is 44.9 Å². The molecule has 1 aliphatic rings. The number of nitrogens with one attached hydrogen (secondary N) is 1. The van der Waals surface area contributed by atoms with Crippen molar-refractivity contribution in [2.24, 2.45) is 17.3 Å². The summed E-state index contributed by atoms with van der Waals surface area (Å²) in [4.78, 5) is 18.6. The molecule has 152 valence electrons. The summed E-state index contributed by atoms with van der Waals surface area (Å²) in [5.74, 6) is 0.00948. The normalized spacial score (nSPS) is 21.5. The van der Waals surface area contributed by atoms with Gasteiger partial charge in [0.1, 0.15) is 12.2 Å². The number of halogens is 3. The maximum Gasteiger partial charge on any atom is 0.421 e. The lowest BCUT2D eigenvalue weighted by molar-refractivity contribution is -0.139. The molecular weight excluding hydrogens is 359 g/mol. The minimum absolute atomic E-state index is 0.0161. The average molecular weight is 387 g/mol. The van der Waals surface area contributed by atoms with Crippen LogP contribution in [0.1, 0.15) is 33.3 Å². The molecule has 0 aliphatic carbocycles. The molecule has 1 saturated heterocycles. The van der Waals surface area contributed by atoms with Crippen LogP contribution in [0.3, 0.4) is 0 Å². The molecule has 2 heterocycles. The number of carbonyl (C=O) groups is 1. The summed E-state index contributed by atoms with van der Waals surface area (Å²) in [7, 11) is 2.01. The summed E-state index contributed by atoms with van der Waals surface area (Å²) < 4.78 is 44.5. The number of likely N-dealkylation sites (N-methyl/N-ethyl adjacent to an activating group) is 1. The first kappa shape index (κ1) is 21.5. The molecule has 8 heteroatoms. The Morgan fingerprint density at radius 2 is 2.04 bits per heavy atom. The molecule has 27 heavy (non-hydrogen) atoms. The van der Waals surface area contributed by atoms with Crippen LogP contribution in [0.15, 0.2) is 18.3 Å². The highest BCUT2D eigenvalue weighted by atomic mass is 19.4. The molecule has 1 aliphatic heterocycles. The van der Waals surface area contributed by atoms with Crippen LogP contribution in [0.2, 0.25) is 0 Å². The van der Waals surface area contributed by atoms with Crippen molar-refractivity contribution in [2.45, 2.75) is 39.9 Å². The van der Waals surface area contributed by atoms with Crippen LogP contribution in [0.5, 0.6) is 5.88 Å². The van der Waals surface area contributed by atoms with Crippen molar-refractivity contribution in [1.82, 2.24) is 15.2 Å². The maximum atomic E-state index is 13.0. The number of ether oxygens (including phenoxy) is 1. The summed E-state index contributed by atoms with van der Waals surface area (Å²) in [6.45, 7) is 9.01. The van der Waals surface area contributed by atoms with Crippen LogP contribution in [-0.4, -0.2) is 48.6 Å². The van der Waals surface area contributed by atoms with E-state index in [0.717, 1.165) is 19.2 Å². The van der Waals surface area contributed by atoms with Gasteiger partial charge in [0.05, 0.1) is 5.41 Å². The van der Waals surface area contributed by atoms with Gasteiger partial charge in [-0.1, -0.05) is 13.8 Å². The first-order valence-electron chi connectivity index (χ1n) is 9.06. The standard InChI is InChI=1S/C19H28F3N3O2/c1-12(2)13-9-25(5)10-15(13)24-17(26)18(3,4)11-27-16-14(19(20,21)22)7-6-8-23-16/h6-8,12-13,15H,9-11H2,1-5H3,(H,24,26). The zero-order chi connectivity index (χ0) is 20.4. The van der Waals surface area contributed by atoms with Gasteiger partial charge in [-0.2, -0.15) is 13.2 Å². The number of hydrogen-bond acceptors (Lipinski definition) is 4. The van der Waals surface area contributed by atoms with E-state index >= 15 is 0 Å². The second-order valence-corrected chi connectivity index (χ2v) is 8.24. The summed E-state index contributed by atoms with van der Waals surface area (Å²) in [6, 6.07) is 2.13. The molecule has 1 amide bonds. The topological polar surface area (TPSA) is 54.5 Å². The number of hydrogen-bond donors (Lipinski definition) is 1. The van der Waals surface area contributed by atoms with Crippen LogP contribution in [0.4, 0.5) is 13.2 Å². The van der Waals surface area contributed by atoms with Crippen molar-refractivity contribution in [3.8, 4) is 5.88 Å². The predicted octanol–water partition coefficient (Wildman–Crippen LogP) is 3.21. The van der Waals surface area contributed by atoms with E-state index in [1.165, 1.54) is 12.3 Å². The molecule has 1 N–H and O–H groups in total. The number of likely N-dealkylation sites (tertiary alicyclic amines) is 1. The second kappa shape index (κ2) is 8.04. The number of nitrogens with zero attached hydrogens (tertiary/aromatic N) is 2. The fraction of sp³-hybridized carbons (Fsp3) is 0.684. The molecule has 0 aromatic carbocycles. The van der Waals surface area contributed by atoms with E-state index in [1.807, 2.05) is 7.05 Å². The van der Waals surface area contributed by atoms with E-state index in [2.05, 4.69) is 29.0 Å². The summed E-state index contributed by atoms with van der Waals surface area (Å²) in [5, 5.41) is 3.06. The van der Waals surface area contributed by atoms with Gasteiger partial charge in [-0.25, -0.2) is 4.98 Å². The van der Waals surface area contributed by atoms with E-state index in [9.17, 15) is 18.0 Å². The first-order valence-corrected chi connectivity index (χ1v) is 9.06. The molecule has 1 aromatic heterocycles. The molecule has 0 saturated carbocycles. The Balaban J connectivity index is 2.03. The maximum absolute atomic E-state index is 13.0. The summed E-state index contributed by atoms with van der Waals surface area (Å²) in [6.07, 6.45) is -3.33. The first-order chi connectivity index (χ1) is 12.4. The van der Waals surface area contributed by atoms with Crippen LogP contribution in [-0.2, 0) is 11.0 Å². The largest absolute Gasteiger partial charge is 0.476 e. The third kappa shape index (κ3) is 5.34. The van der Waals surface area contributed by atoms with Gasteiger partial charge >= 0.3 is 6.18 Å². The Morgan fingerprint density at radius 3 is 2.63 bits per heavy atom. The minimum atomic E-state index is -4.56. The Hall–Kier alpha value is -1.83. The van der Waals surface area contributed by atoms with E-state index < -0.39 is 23.0 Å². The molecule has 0 radical (unpaired) electrons. The van der Waals surface area contributed by atoms with Crippen molar-refractivity contribution in [3.63, 3.8) is 0 Å². The highest BCUT2D eigenvalue weighted by Crippen LogP contribution is 2.35. The fourth-order valence-electron chi connectivity index (χ4n) is 3.26. The predicted molar refractivity (Wildman–Crippen MR) is 96.3 cm³/mol. The quantitative estimate of drug-likeness (QED) is 0.815. The third-order valence-electron chi connectivity index (χ3n) is 4.98. The minimum Gasteiger partial charge on any atom is -0.476 e. The average Bonchev–Trinajstić information content (AvgIpc) is 2.93. The monoisotopic (exact) mass is 387 g/mol. The van der Waals surface area contributed by atoms with Gasteiger partial charge in [0.2, 0.25) is 11.8 Å². The molecule has 1 aromatic rings. The Labute approximate surface area is 158 Å². The SMILES string of the molecule is CC(C)C1CN(C)CC1NC(=O)C(C)(C)COc1ncccc1C(F)(F)F. The smallest absolute Gasteiger partial charge is 0.421 e. The molecule has 5 nitrogen and oxygen atoms in total. The van der Waals surface area contributed by atoms with Crippen molar-refractivity contribution in [2.75, 3.05) is 26.7 Å². The number of alkyl halides is 3. The van der Waals surface area contributed by atoms with Crippen LogP contribution in [0, 0.1) is 17.3 Å².